The monoisotopic (exact) mass is 248 g/mol. The Morgan fingerprint density at radius 2 is 2.56 bits per heavy atom. The van der Waals surface area contributed by atoms with Crippen LogP contribution in [0.2, 0.25) is 0 Å². The molecular weight excluding hydrogens is 232 g/mol. The summed E-state index contributed by atoms with van der Waals surface area (Å²) in [7, 11) is 0. The van der Waals surface area contributed by atoms with Crippen LogP contribution in [-0.2, 0) is 0 Å². The van der Waals surface area contributed by atoms with Crippen LogP contribution in [0.25, 0.3) is 6.08 Å². The van der Waals surface area contributed by atoms with Crippen LogP contribution in [0.3, 0.4) is 0 Å². The van der Waals surface area contributed by atoms with Gasteiger partial charge in [-0.25, -0.2) is 9.78 Å². The molecule has 1 unspecified atom stereocenters. The zero-order valence-corrected chi connectivity index (χ0v) is 10.1. The maximum absolute atomic E-state index is 11.0. The molecule has 0 radical (unpaired) electrons. The van der Waals surface area contributed by atoms with Crippen molar-refractivity contribution in [1.29, 1.82) is 0 Å². The minimum Gasteiger partial charge on any atom is -0.475 e. The zero-order chi connectivity index (χ0) is 13.0. The molecule has 5 nitrogen and oxygen atoms in total. The van der Waals surface area contributed by atoms with Gasteiger partial charge in [-0.3, -0.25) is 0 Å². The lowest BCUT2D eigenvalue weighted by Gasteiger charge is -2.21. The molecule has 1 amide bonds. The van der Waals surface area contributed by atoms with Crippen LogP contribution in [0, 0.1) is 0 Å². The first-order valence-electron chi connectivity index (χ1n) is 5.92. The number of aromatic nitrogens is 1. The third-order valence-corrected chi connectivity index (χ3v) is 3.06. The molecule has 96 valence electrons. The minimum atomic E-state index is -0.883. The summed E-state index contributed by atoms with van der Waals surface area (Å²) in [6.07, 6.45) is 4.16. The van der Waals surface area contributed by atoms with Crippen LogP contribution in [0.5, 0.6) is 5.88 Å². The first kappa shape index (κ1) is 12.4. The van der Waals surface area contributed by atoms with Crippen molar-refractivity contribution in [3.8, 4) is 5.88 Å². The number of nitrogens with zero attached hydrogens (tertiary/aromatic N) is 2. The Labute approximate surface area is 106 Å². The molecule has 5 heteroatoms. The Bertz CT molecular complexity index is 448. The van der Waals surface area contributed by atoms with Crippen molar-refractivity contribution < 1.29 is 14.6 Å². The normalized spacial score (nSPS) is 18.7. The molecule has 1 fully saturated rings. The fourth-order valence-corrected chi connectivity index (χ4v) is 2.12. The molecule has 0 spiro atoms. The molecule has 0 aliphatic carbocycles. The summed E-state index contributed by atoms with van der Waals surface area (Å²) in [6.45, 7) is 4.61. The summed E-state index contributed by atoms with van der Waals surface area (Å²) in [6, 6.07) is 3.59. The smallest absolute Gasteiger partial charge is 0.407 e. The molecule has 1 saturated heterocycles. The molecule has 18 heavy (non-hydrogen) atoms. The molecular formula is C13H16N2O3. The van der Waals surface area contributed by atoms with E-state index in [-0.39, 0.29) is 6.04 Å². The van der Waals surface area contributed by atoms with Gasteiger partial charge in [-0.05, 0) is 25.0 Å². The largest absolute Gasteiger partial charge is 0.475 e. The summed E-state index contributed by atoms with van der Waals surface area (Å²) >= 11 is 0. The first-order chi connectivity index (χ1) is 8.72. The lowest BCUT2D eigenvalue weighted by molar-refractivity contribution is 0.122. The van der Waals surface area contributed by atoms with Gasteiger partial charge < -0.3 is 14.7 Å². The number of pyridine rings is 1. The molecule has 2 heterocycles. The zero-order valence-electron chi connectivity index (χ0n) is 10.1. The maximum Gasteiger partial charge on any atom is 0.407 e. The van der Waals surface area contributed by atoms with E-state index in [2.05, 4.69) is 11.6 Å². The average Bonchev–Trinajstić information content (AvgIpc) is 2.85. The van der Waals surface area contributed by atoms with Gasteiger partial charge in [0.15, 0.2) is 0 Å². The van der Waals surface area contributed by atoms with Gasteiger partial charge in [-0.2, -0.15) is 0 Å². The molecule has 2 rings (SSSR count). The first-order valence-corrected chi connectivity index (χ1v) is 5.92. The Balaban J connectivity index is 1.99. The highest BCUT2D eigenvalue weighted by atomic mass is 16.5. The van der Waals surface area contributed by atoms with E-state index in [0.29, 0.717) is 19.0 Å². The Hall–Kier alpha value is -2.04. The number of ether oxygens (including phenoxy) is 1. The predicted octanol–water partition coefficient (Wildman–Crippen LogP) is 2.25. The molecule has 0 saturated carbocycles. The van der Waals surface area contributed by atoms with E-state index in [4.69, 9.17) is 9.84 Å². The molecule has 1 aliphatic heterocycles. The van der Waals surface area contributed by atoms with Crippen LogP contribution in [0.4, 0.5) is 4.79 Å². The summed E-state index contributed by atoms with van der Waals surface area (Å²) in [5, 5.41) is 9.02. The maximum atomic E-state index is 11.0. The van der Waals surface area contributed by atoms with Crippen molar-refractivity contribution in [2.75, 3.05) is 13.2 Å². The van der Waals surface area contributed by atoms with Crippen LogP contribution in [0.15, 0.2) is 24.9 Å². The van der Waals surface area contributed by atoms with E-state index in [1.165, 1.54) is 4.90 Å². The van der Waals surface area contributed by atoms with E-state index in [1.54, 1.807) is 12.3 Å². The van der Waals surface area contributed by atoms with Crippen molar-refractivity contribution in [2.45, 2.75) is 18.9 Å². The highest BCUT2D eigenvalue weighted by Crippen LogP contribution is 2.20. The third-order valence-electron chi connectivity index (χ3n) is 3.06. The lowest BCUT2D eigenvalue weighted by atomic mass is 10.2. The van der Waals surface area contributed by atoms with Crippen molar-refractivity contribution in [3.05, 3.63) is 30.5 Å². The van der Waals surface area contributed by atoms with Gasteiger partial charge in [0.05, 0.1) is 6.04 Å². The number of hydrogen-bond donors (Lipinski definition) is 1. The van der Waals surface area contributed by atoms with Crippen molar-refractivity contribution in [3.63, 3.8) is 0 Å². The van der Waals surface area contributed by atoms with Crippen LogP contribution >= 0.6 is 0 Å². The molecule has 1 atom stereocenters. The minimum absolute atomic E-state index is 0.0813. The fourth-order valence-electron chi connectivity index (χ4n) is 2.12. The van der Waals surface area contributed by atoms with E-state index in [0.717, 1.165) is 18.4 Å². The highest BCUT2D eigenvalue weighted by molar-refractivity contribution is 5.65. The van der Waals surface area contributed by atoms with Gasteiger partial charge in [0, 0.05) is 18.3 Å². The van der Waals surface area contributed by atoms with Gasteiger partial charge >= 0.3 is 6.09 Å². The van der Waals surface area contributed by atoms with Crippen LogP contribution < -0.4 is 4.74 Å². The number of rotatable bonds is 4. The molecule has 1 aromatic heterocycles. The second kappa shape index (κ2) is 5.53. The SMILES string of the molecule is C=Cc1cccnc1OCC1CCCN1C(=O)O. The Morgan fingerprint density at radius 3 is 3.28 bits per heavy atom. The molecule has 1 aliphatic rings. The Morgan fingerprint density at radius 1 is 1.72 bits per heavy atom. The molecule has 0 aromatic carbocycles. The summed E-state index contributed by atoms with van der Waals surface area (Å²) < 4.78 is 5.60. The topological polar surface area (TPSA) is 62.7 Å². The number of hydrogen-bond acceptors (Lipinski definition) is 3. The number of carboxylic acid groups (broad SMARTS) is 1. The van der Waals surface area contributed by atoms with Crippen LogP contribution in [0.1, 0.15) is 18.4 Å². The molecule has 0 bridgehead atoms. The van der Waals surface area contributed by atoms with E-state index >= 15 is 0 Å². The lowest BCUT2D eigenvalue weighted by Crippen LogP contribution is -2.38. The van der Waals surface area contributed by atoms with Crippen molar-refractivity contribution >= 4 is 12.2 Å². The summed E-state index contributed by atoms with van der Waals surface area (Å²) in [5.41, 5.74) is 0.817. The quantitative estimate of drug-likeness (QED) is 0.887. The van der Waals surface area contributed by atoms with Gasteiger partial charge in [-0.15, -0.1) is 0 Å². The third kappa shape index (κ3) is 2.61. The van der Waals surface area contributed by atoms with Gasteiger partial charge in [0.1, 0.15) is 6.61 Å². The summed E-state index contributed by atoms with van der Waals surface area (Å²) in [4.78, 5) is 16.5. The number of likely N-dealkylation sites (tertiary alicyclic amines) is 1. The van der Waals surface area contributed by atoms with E-state index < -0.39 is 6.09 Å². The van der Waals surface area contributed by atoms with E-state index in [1.807, 2.05) is 12.1 Å². The predicted molar refractivity (Wildman–Crippen MR) is 67.6 cm³/mol. The summed E-state index contributed by atoms with van der Waals surface area (Å²) in [5.74, 6) is 0.504. The number of carbonyl (C=O) groups is 1. The number of amides is 1. The Kier molecular flexibility index (Phi) is 3.82. The van der Waals surface area contributed by atoms with Gasteiger partial charge in [-0.1, -0.05) is 12.7 Å². The van der Waals surface area contributed by atoms with Crippen molar-refractivity contribution in [1.82, 2.24) is 9.88 Å². The van der Waals surface area contributed by atoms with Crippen molar-refractivity contribution in [2.24, 2.45) is 0 Å². The second-order valence-corrected chi connectivity index (χ2v) is 4.18. The van der Waals surface area contributed by atoms with Gasteiger partial charge in [0.25, 0.3) is 0 Å². The second-order valence-electron chi connectivity index (χ2n) is 4.18. The standard InChI is InChI=1S/C13H16N2O3/c1-2-10-5-3-7-14-12(10)18-9-11-6-4-8-15(11)13(16)17/h2-3,5,7,11H,1,4,6,8-9H2,(H,16,17). The highest BCUT2D eigenvalue weighted by Gasteiger charge is 2.29. The average molecular weight is 248 g/mol. The van der Waals surface area contributed by atoms with Gasteiger partial charge in [0.2, 0.25) is 5.88 Å². The molecule has 1 N–H and O–H groups in total. The molecule has 1 aromatic rings. The van der Waals surface area contributed by atoms with E-state index in [9.17, 15) is 4.79 Å². The fraction of sp³-hybridized carbons (Fsp3) is 0.385. The van der Waals surface area contributed by atoms with Crippen LogP contribution in [-0.4, -0.2) is 40.3 Å².